The molecule has 0 atom stereocenters. The van der Waals surface area contributed by atoms with Crippen LogP contribution in [-0.4, -0.2) is 81.9 Å². The number of hydrogen-bond acceptors (Lipinski definition) is 8. The fourth-order valence-corrected chi connectivity index (χ4v) is 0.612. The molecule has 17 heteroatoms. The quantitative estimate of drug-likeness (QED) is 0.157. The molecular formula is H12MgO14S2. The Bertz CT molecular complexity index is 250. The van der Waals surface area contributed by atoms with Gasteiger partial charge in [0.1, 0.15) is 0 Å². The summed E-state index contributed by atoms with van der Waals surface area (Å²) in [6.45, 7) is 0. The summed E-state index contributed by atoms with van der Waals surface area (Å²) in [7, 11) is -10.6. The van der Waals surface area contributed by atoms with Crippen molar-refractivity contribution in [3.05, 3.63) is 0 Å². The van der Waals surface area contributed by atoms with Gasteiger partial charge in [-0.15, -0.1) is 8.67 Å². The molecule has 17 heavy (non-hydrogen) atoms. The molecule has 0 radical (unpaired) electrons. The van der Waals surface area contributed by atoms with Crippen LogP contribution in [0.3, 0.4) is 0 Å². The fraction of sp³-hybridized carbons (Fsp3) is 0. The van der Waals surface area contributed by atoms with E-state index in [9.17, 15) is 25.9 Å². The minimum absolute atomic E-state index is 0. The smallest absolute Gasteiger partial charge is 0.724 e. The zero-order valence-corrected chi connectivity index (χ0v) is 10.8. The molecule has 0 heterocycles. The molecule has 0 aliphatic heterocycles. The van der Waals surface area contributed by atoms with Crippen molar-refractivity contribution in [3.8, 4) is 0 Å². The van der Waals surface area contributed by atoms with Gasteiger partial charge in [-0.2, -0.15) is 0 Å². The standard InChI is InChI=1S/Mg.H2O8S2.6H2O/c;1-9(2,3)7-8-10(4,5)6;;;;;;/h;(H,1,2,3)(H,4,5,6);6*1H2/q+2;;;;;;;/p-2. The van der Waals surface area contributed by atoms with Gasteiger partial charge >= 0.3 is 23.1 Å². The van der Waals surface area contributed by atoms with Crippen molar-refractivity contribution in [2.75, 3.05) is 0 Å². The molecule has 0 bridgehead atoms. The van der Waals surface area contributed by atoms with E-state index in [0.717, 1.165) is 0 Å². The summed E-state index contributed by atoms with van der Waals surface area (Å²) in [5.74, 6) is 0. The Morgan fingerprint density at radius 3 is 0.765 bits per heavy atom. The van der Waals surface area contributed by atoms with Gasteiger partial charge in [-0.05, 0) is 0 Å². The maximum Gasteiger partial charge on any atom is 2.00 e. The van der Waals surface area contributed by atoms with E-state index >= 15 is 0 Å². The van der Waals surface area contributed by atoms with Gasteiger partial charge < -0.3 is 42.0 Å². The van der Waals surface area contributed by atoms with Crippen molar-refractivity contribution < 1.29 is 67.5 Å². The second-order valence-electron chi connectivity index (χ2n) is 0.953. The molecule has 0 saturated heterocycles. The number of hydrogen-bond donors (Lipinski definition) is 0. The van der Waals surface area contributed by atoms with Crippen molar-refractivity contribution in [3.63, 3.8) is 0 Å². The van der Waals surface area contributed by atoms with E-state index in [-0.39, 0.29) is 55.9 Å². The van der Waals surface area contributed by atoms with E-state index in [1.54, 1.807) is 0 Å². The third-order valence-electron chi connectivity index (χ3n) is 0.194. The maximum absolute atomic E-state index is 9.37. The van der Waals surface area contributed by atoms with Crippen LogP contribution in [0.4, 0.5) is 0 Å². The minimum atomic E-state index is -5.31. The van der Waals surface area contributed by atoms with Gasteiger partial charge in [0.25, 0.3) is 0 Å². The monoisotopic (exact) mass is 324 g/mol. The third-order valence-corrected chi connectivity index (χ3v) is 0.750. The van der Waals surface area contributed by atoms with Gasteiger partial charge in [-0.3, -0.25) is 0 Å². The normalized spacial score (nSPS) is 7.88. The van der Waals surface area contributed by atoms with Crippen molar-refractivity contribution in [2.24, 2.45) is 0 Å². The van der Waals surface area contributed by atoms with E-state index in [0.29, 0.717) is 0 Å². The molecule has 0 aromatic heterocycles. The largest absolute Gasteiger partial charge is 2.00 e. The molecule has 110 valence electrons. The van der Waals surface area contributed by atoms with Crippen molar-refractivity contribution in [1.29, 1.82) is 0 Å². The molecule has 0 rings (SSSR count). The number of rotatable bonds is 3. The van der Waals surface area contributed by atoms with E-state index in [2.05, 4.69) is 8.67 Å². The van der Waals surface area contributed by atoms with E-state index in [1.165, 1.54) is 0 Å². The van der Waals surface area contributed by atoms with Crippen LogP contribution in [-0.2, 0) is 29.5 Å². The van der Waals surface area contributed by atoms with Crippen LogP contribution in [0.25, 0.3) is 0 Å². The first-order valence-corrected chi connectivity index (χ1v) is 4.17. The molecule has 0 aliphatic rings. The van der Waals surface area contributed by atoms with Crippen molar-refractivity contribution >= 4 is 43.9 Å². The van der Waals surface area contributed by atoms with E-state index in [4.69, 9.17) is 0 Å². The first-order chi connectivity index (χ1) is 4.21. The summed E-state index contributed by atoms with van der Waals surface area (Å²) in [6.07, 6.45) is 0. The Morgan fingerprint density at radius 1 is 0.588 bits per heavy atom. The summed E-state index contributed by atoms with van der Waals surface area (Å²) in [6, 6.07) is 0. The summed E-state index contributed by atoms with van der Waals surface area (Å²) < 4.78 is 61.5. The molecule has 0 fully saturated rings. The molecule has 0 amide bonds. The Morgan fingerprint density at radius 2 is 0.706 bits per heavy atom. The van der Waals surface area contributed by atoms with Crippen LogP contribution >= 0.6 is 0 Å². The minimum Gasteiger partial charge on any atom is -0.724 e. The molecule has 0 spiro atoms. The predicted octanol–water partition coefficient (Wildman–Crippen LogP) is -7.47. The zero-order chi connectivity index (χ0) is 8.41. The summed E-state index contributed by atoms with van der Waals surface area (Å²) in [5.41, 5.74) is 0. The SMILES string of the molecule is O.O.O.O.O.O.O=S(=O)([O-])OOS(=O)(=O)[O-].[Mg+2]. The van der Waals surface area contributed by atoms with Crippen molar-refractivity contribution in [1.82, 2.24) is 0 Å². The van der Waals surface area contributed by atoms with Gasteiger partial charge in [-0.1, -0.05) is 0 Å². The van der Waals surface area contributed by atoms with Crippen LogP contribution < -0.4 is 0 Å². The predicted molar refractivity (Wildman–Crippen MR) is 49.0 cm³/mol. The van der Waals surface area contributed by atoms with Gasteiger partial charge in [0.05, 0.1) is 0 Å². The second kappa shape index (κ2) is 18.6. The molecule has 12 N–H and O–H groups in total. The maximum atomic E-state index is 9.37. The molecule has 0 unspecified atom stereocenters. The van der Waals surface area contributed by atoms with Crippen LogP contribution in [0.1, 0.15) is 0 Å². The van der Waals surface area contributed by atoms with Crippen LogP contribution in [0.5, 0.6) is 0 Å². The first kappa shape index (κ1) is 53.2. The topological polar surface area (TPSA) is 322 Å². The van der Waals surface area contributed by atoms with Crippen LogP contribution in [0.2, 0.25) is 0 Å². The Balaban J connectivity index is -0.0000000193. The van der Waals surface area contributed by atoms with Crippen LogP contribution in [0.15, 0.2) is 0 Å². The summed E-state index contributed by atoms with van der Waals surface area (Å²) in [5, 5.41) is 0. The van der Waals surface area contributed by atoms with E-state index in [1.807, 2.05) is 0 Å². The second-order valence-corrected chi connectivity index (χ2v) is 2.86. The average molecular weight is 325 g/mol. The third kappa shape index (κ3) is 62.7. The Kier molecular flexibility index (Phi) is 58.3. The first-order valence-electron chi connectivity index (χ1n) is 1.50. The van der Waals surface area contributed by atoms with Gasteiger partial charge in [0, 0.05) is 0 Å². The van der Waals surface area contributed by atoms with Crippen LogP contribution in [0, 0.1) is 0 Å². The fourth-order valence-electron chi connectivity index (χ4n) is 0.0680. The Labute approximate surface area is 111 Å². The van der Waals surface area contributed by atoms with Gasteiger partial charge in [0.2, 0.25) is 20.8 Å². The molecule has 0 aromatic rings. The molecule has 14 nitrogen and oxygen atoms in total. The summed E-state index contributed by atoms with van der Waals surface area (Å²) in [4.78, 5) is 0. The molecule has 0 aromatic carbocycles. The van der Waals surface area contributed by atoms with Gasteiger partial charge in [-0.25, -0.2) is 16.8 Å². The molecule has 0 aliphatic carbocycles. The molecular weight excluding hydrogens is 312 g/mol. The zero-order valence-electron chi connectivity index (χ0n) is 7.79. The van der Waals surface area contributed by atoms with Crippen molar-refractivity contribution in [2.45, 2.75) is 0 Å². The Hall–Kier alpha value is 0.266. The average Bonchev–Trinajstić information content (AvgIpc) is 1.57. The van der Waals surface area contributed by atoms with E-state index < -0.39 is 20.8 Å². The van der Waals surface area contributed by atoms with Gasteiger partial charge in [0.15, 0.2) is 0 Å². The summed E-state index contributed by atoms with van der Waals surface area (Å²) >= 11 is 0. The molecule has 0 saturated carbocycles.